The minimum atomic E-state index is -0.259. The third-order valence-corrected chi connectivity index (χ3v) is 3.43. The van der Waals surface area contributed by atoms with Gasteiger partial charge in [-0.2, -0.15) is 10.1 Å². The maximum absolute atomic E-state index is 13.6. The molecule has 0 saturated heterocycles. The third kappa shape index (κ3) is 3.60. The van der Waals surface area contributed by atoms with E-state index >= 15 is 0 Å². The van der Waals surface area contributed by atoms with Gasteiger partial charge in [-0.15, -0.1) is 5.10 Å². The van der Waals surface area contributed by atoms with Crippen LogP contribution in [0.25, 0.3) is 0 Å². The number of nitrogens with zero attached hydrogens (tertiary/aromatic N) is 4. The molecule has 0 atom stereocenters. The topological polar surface area (TPSA) is 53.9 Å². The number of para-hydroxylation sites is 1. The van der Waals surface area contributed by atoms with Crippen molar-refractivity contribution in [2.75, 3.05) is 17.3 Å². The van der Waals surface area contributed by atoms with Gasteiger partial charge in [0.1, 0.15) is 5.82 Å². The lowest BCUT2D eigenvalue weighted by atomic mass is 10.2. The zero-order valence-corrected chi connectivity index (χ0v) is 12.6. The first-order chi connectivity index (χ1) is 11.2. The van der Waals surface area contributed by atoms with Crippen LogP contribution < -0.4 is 10.2 Å². The van der Waals surface area contributed by atoms with Crippen LogP contribution in [0.2, 0.25) is 0 Å². The second-order valence-corrected chi connectivity index (χ2v) is 4.98. The normalized spacial score (nSPS) is 10.3. The van der Waals surface area contributed by atoms with Crippen LogP contribution >= 0.6 is 0 Å². The highest BCUT2D eigenvalue weighted by Gasteiger charge is 2.08. The number of aromatic nitrogens is 3. The monoisotopic (exact) mass is 309 g/mol. The van der Waals surface area contributed by atoms with Gasteiger partial charge in [-0.1, -0.05) is 36.4 Å². The van der Waals surface area contributed by atoms with Crippen LogP contribution in [-0.2, 0) is 6.54 Å². The van der Waals surface area contributed by atoms with Crippen molar-refractivity contribution >= 4 is 17.5 Å². The molecule has 0 saturated carbocycles. The largest absolute Gasteiger partial charge is 0.349 e. The molecule has 0 spiro atoms. The van der Waals surface area contributed by atoms with E-state index < -0.39 is 0 Å². The molecule has 0 aliphatic heterocycles. The number of nitrogens with one attached hydrogen (secondary N) is 1. The fraction of sp³-hybridized carbons (Fsp3) is 0.118. The SMILES string of the molecule is CN(c1ccccc1)c1cnnc(NCc2ccccc2F)n1. The smallest absolute Gasteiger partial charge is 0.244 e. The quantitative estimate of drug-likeness (QED) is 0.783. The van der Waals surface area contributed by atoms with E-state index in [4.69, 9.17) is 0 Å². The van der Waals surface area contributed by atoms with E-state index in [9.17, 15) is 4.39 Å². The summed E-state index contributed by atoms with van der Waals surface area (Å²) in [5.74, 6) is 0.751. The Labute approximate surface area is 133 Å². The molecule has 116 valence electrons. The van der Waals surface area contributed by atoms with Crippen molar-refractivity contribution in [2.45, 2.75) is 6.54 Å². The molecule has 3 rings (SSSR count). The minimum absolute atomic E-state index is 0.259. The van der Waals surface area contributed by atoms with Crippen LogP contribution in [-0.4, -0.2) is 22.2 Å². The summed E-state index contributed by atoms with van der Waals surface area (Å²) in [5, 5.41) is 10.9. The molecular formula is C17H16FN5. The highest BCUT2D eigenvalue weighted by molar-refractivity contribution is 5.58. The van der Waals surface area contributed by atoms with Crippen LogP contribution in [0.1, 0.15) is 5.56 Å². The number of benzene rings is 2. The van der Waals surface area contributed by atoms with Gasteiger partial charge >= 0.3 is 0 Å². The maximum Gasteiger partial charge on any atom is 0.244 e. The van der Waals surface area contributed by atoms with Gasteiger partial charge in [-0.05, 0) is 18.2 Å². The number of rotatable bonds is 5. The van der Waals surface area contributed by atoms with Crippen LogP contribution in [0.4, 0.5) is 21.8 Å². The standard InChI is InChI=1S/C17H16FN5/c1-23(14-8-3-2-4-9-14)16-12-20-22-17(21-16)19-11-13-7-5-6-10-15(13)18/h2-10,12H,11H2,1H3,(H,19,21,22). The molecule has 23 heavy (non-hydrogen) atoms. The molecule has 2 aromatic carbocycles. The van der Waals surface area contributed by atoms with Crippen molar-refractivity contribution in [1.82, 2.24) is 15.2 Å². The first-order valence-corrected chi connectivity index (χ1v) is 7.20. The van der Waals surface area contributed by atoms with E-state index in [1.54, 1.807) is 24.4 Å². The van der Waals surface area contributed by atoms with Crippen molar-refractivity contribution in [1.29, 1.82) is 0 Å². The van der Waals surface area contributed by atoms with Crippen molar-refractivity contribution in [3.63, 3.8) is 0 Å². The average molecular weight is 309 g/mol. The van der Waals surface area contributed by atoms with Crippen LogP contribution in [0.15, 0.2) is 60.8 Å². The van der Waals surface area contributed by atoms with Gasteiger partial charge in [0.2, 0.25) is 5.95 Å². The average Bonchev–Trinajstić information content (AvgIpc) is 2.61. The molecule has 6 heteroatoms. The molecule has 0 amide bonds. The molecule has 3 aromatic rings. The lowest BCUT2D eigenvalue weighted by Gasteiger charge is -2.18. The Balaban J connectivity index is 1.74. The van der Waals surface area contributed by atoms with Crippen molar-refractivity contribution in [3.05, 3.63) is 72.2 Å². The Kier molecular flexibility index (Phi) is 4.42. The molecule has 0 radical (unpaired) electrons. The highest BCUT2D eigenvalue weighted by Crippen LogP contribution is 2.20. The number of anilines is 3. The van der Waals surface area contributed by atoms with Crippen LogP contribution in [0.5, 0.6) is 0 Å². The van der Waals surface area contributed by atoms with E-state index in [0.29, 0.717) is 23.9 Å². The van der Waals surface area contributed by atoms with Crippen molar-refractivity contribution in [3.8, 4) is 0 Å². The molecule has 0 bridgehead atoms. The summed E-state index contributed by atoms with van der Waals surface area (Å²) in [6.07, 6.45) is 1.58. The summed E-state index contributed by atoms with van der Waals surface area (Å²) in [5.41, 5.74) is 1.55. The molecule has 1 aromatic heterocycles. The molecule has 0 unspecified atom stereocenters. The Morgan fingerprint density at radius 3 is 2.57 bits per heavy atom. The first kappa shape index (κ1) is 14.9. The Morgan fingerprint density at radius 1 is 1.04 bits per heavy atom. The molecular weight excluding hydrogens is 293 g/mol. The van der Waals surface area contributed by atoms with E-state index in [-0.39, 0.29) is 5.82 Å². The summed E-state index contributed by atoms with van der Waals surface area (Å²) in [6.45, 7) is 0.298. The molecule has 1 heterocycles. The summed E-state index contributed by atoms with van der Waals surface area (Å²) >= 11 is 0. The fourth-order valence-electron chi connectivity index (χ4n) is 2.13. The van der Waals surface area contributed by atoms with Crippen molar-refractivity contribution < 1.29 is 4.39 Å². The van der Waals surface area contributed by atoms with E-state index in [1.807, 2.05) is 42.3 Å². The summed E-state index contributed by atoms with van der Waals surface area (Å²) in [6, 6.07) is 16.4. The Bertz CT molecular complexity index is 779. The van der Waals surface area contributed by atoms with Gasteiger partial charge in [-0.3, -0.25) is 0 Å². The fourth-order valence-corrected chi connectivity index (χ4v) is 2.13. The van der Waals surface area contributed by atoms with Gasteiger partial charge in [-0.25, -0.2) is 4.39 Å². The number of hydrogen-bond donors (Lipinski definition) is 1. The zero-order chi connectivity index (χ0) is 16.1. The summed E-state index contributed by atoms with van der Waals surface area (Å²) in [7, 11) is 1.90. The molecule has 0 fully saturated rings. The Hall–Kier alpha value is -3.02. The van der Waals surface area contributed by atoms with Crippen LogP contribution in [0.3, 0.4) is 0 Å². The molecule has 0 aliphatic rings. The second kappa shape index (κ2) is 6.83. The first-order valence-electron chi connectivity index (χ1n) is 7.20. The highest BCUT2D eigenvalue weighted by atomic mass is 19.1. The molecule has 1 N–H and O–H groups in total. The van der Waals surface area contributed by atoms with E-state index in [0.717, 1.165) is 5.69 Å². The van der Waals surface area contributed by atoms with Gasteiger partial charge < -0.3 is 10.2 Å². The second-order valence-electron chi connectivity index (χ2n) is 4.98. The summed E-state index contributed by atoms with van der Waals surface area (Å²) in [4.78, 5) is 6.32. The molecule has 0 aliphatic carbocycles. The van der Waals surface area contributed by atoms with Gasteiger partial charge in [0.25, 0.3) is 0 Å². The van der Waals surface area contributed by atoms with Crippen LogP contribution in [0, 0.1) is 5.82 Å². The molecule has 5 nitrogen and oxygen atoms in total. The van der Waals surface area contributed by atoms with Gasteiger partial charge in [0, 0.05) is 24.8 Å². The lowest BCUT2D eigenvalue weighted by Crippen LogP contribution is -2.14. The number of hydrogen-bond acceptors (Lipinski definition) is 5. The number of halogens is 1. The maximum atomic E-state index is 13.6. The van der Waals surface area contributed by atoms with E-state index in [2.05, 4.69) is 20.5 Å². The van der Waals surface area contributed by atoms with Crippen molar-refractivity contribution in [2.24, 2.45) is 0 Å². The van der Waals surface area contributed by atoms with Gasteiger partial charge in [0.05, 0.1) is 6.20 Å². The predicted octanol–water partition coefficient (Wildman–Crippen LogP) is 3.39. The van der Waals surface area contributed by atoms with Gasteiger partial charge in [0.15, 0.2) is 5.82 Å². The third-order valence-electron chi connectivity index (χ3n) is 3.43. The predicted molar refractivity (Wildman–Crippen MR) is 88.1 cm³/mol. The van der Waals surface area contributed by atoms with E-state index in [1.165, 1.54) is 6.07 Å². The minimum Gasteiger partial charge on any atom is -0.349 e. The lowest BCUT2D eigenvalue weighted by molar-refractivity contribution is 0.612. The zero-order valence-electron chi connectivity index (χ0n) is 12.6. The Morgan fingerprint density at radius 2 is 1.78 bits per heavy atom. The summed E-state index contributed by atoms with van der Waals surface area (Å²) < 4.78 is 13.6.